The molecule has 5 nitrogen and oxygen atoms in total. The summed E-state index contributed by atoms with van der Waals surface area (Å²) in [6.07, 6.45) is 1.15. The fourth-order valence-electron chi connectivity index (χ4n) is 2.51. The number of carbonyl (C=O) groups excluding carboxylic acids is 2. The third kappa shape index (κ3) is 2.36. The molecule has 2 atom stereocenters. The molecule has 104 valence electrons. The molecule has 0 spiro atoms. The lowest BCUT2D eigenvalue weighted by Crippen LogP contribution is -2.70. The highest BCUT2D eigenvalue weighted by Crippen LogP contribution is 2.29. The molecule has 1 heterocycles. The predicted octanol–water partition coefficient (Wildman–Crippen LogP) is 0.927. The average molecular weight is 256 g/mol. The quantitative estimate of drug-likeness (QED) is 0.796. The zero-order valence-electron chi connectivity index (χ0n) is 11.9. The number of piperazine rings is 1. The first kappa shape index (κ1) is 15.0. The Hall–Kier alpha value is -1.10. The predicted molar refractivity (Wildman–Crippen MR) is 69.1 cm³/mol. The molecule has 0 aliphatic carbocycles. The van der Waals surface area contributed by atoms with Gasteiger partial charge in [-0.3, -0.25) is 9.59 Å². The lowest BCUT2D eigenvalue weighted by Gasteiger charge is -2.47. The lowest BCUT2D eigenvalue weighted by atomic mass is 9.86. The van der Waals surface area contributed by atoms with Crippen molar-refractivity contribution in [3.05, 3.63) is 0 Å². The topological polar surface area (TPSA) is 58.6 Å². The molecule has 18 heavy (non-hydrogen) atoms. The van der Waals surface area contributed by atoms with Crippen LogP contribution in [-0.4, -0.2) is 48.1 Å². The third-order valence-corrected chi connectivity index (χ3v) is 3.94. The maximum Gasteiger partial charge on any atom is 0.246 e. The van der Waals surface area contributed by atoms with E-state index in [9.17, 15) is 9.59 Å². The van der Waals surface area contributed by atoms with Crippen molar-refractivity contribution in [2.75, 3.05) is 13.7 Å². The van der Waals surface area contributed by atoms with E-state index in [1.54, 1.807) is 18.9 Å². The second kappa shape index (κ2) is 5.69. The van der Waals surface area contributed by atoms with E-state index >= 15 is 0 Å². The highest BCUT2D eigenvalue weighted by atomic mass is 16.5. The van der Waals surface area contributed by atoms with Gasteiger partial charge in [0.15, 0.2) is 0 Å². The maximum atomic E-state index is 12.3. The van der Waals surface area contributed by atoms with Crippen molar-refractivity contribution in [1.82, 2.24) is 10.2 Å². The van der Waals surface area contributed by atoms with Crippen LogP contribution in [0.5, 0.6) is 0 Å². The Morgan fingerprint density at radius 1 is 1.39 bits per heavy atom. The van der Waals surface area contributed by atoms with Gasteiger partial charge >= 0.3 is 0 Å². The van der Waals surface area contributed by atoms with E-state index in [1.165, 1.54) is 0 Å². The summed E-state index contributed by atoms with van der Waals surface area (Å²) in [7, 11) is 1.61. The fourth-order valence-corrected chi connectivity index (χ4v) is 2.51. The Morgan fingerprint density at radius 2 is 1.94 bits per heavy atom. The summed E-state index contributed by atoms with van der Waals surface area (Å²) in [5.74, 6) is -0.0786. The summed E-state index contributed by atoms with van der Waals surface area (Å²) in [5.41, 5.74) is -0.726. The lowest BCUT2D eigenvalue weighted by molar-refractivity contribution is -0.159. The van der Waals surface area contributed by atoms with Gasteiger partial charge in [-0.25, -0.2) is 0 Å². The Balaban J connectivity index is 3.08. The highest BCUT2D eigenvalue weighted by molar-refractivity contribution is 5.99. The first-order chi connectivity index (χ1) is 8.42. The molecule has 5 heteroatoms. The van der Waals surface area contributed by atoms with Gasteiger partial charge in [-0.2, -0.15) is 0 Å². The summed E-state index contributed by atoms with van der Waals surface area (Å²) >= 11 is 0. The number of nitrogens with one attached hydrogen (secondary N) is 1. The number of rotatable bonds is 5. The van der Waals surface area contributed by atoms with Crippen LogP contribution in [-0.2, 0) is 14.3 Å². The number of hydrogen-bond donors (Lipinski definition) is 1. The summed E-state index contributed by atoms with van der Waals surface area (Å²) in [4.78, 5) is 26.3. The molecule has 0 bridgehead atoms. The fraction of sp³-hybridized carbons (Fsp3) is 0.846. The van der Waals surface area contributed by atoms with Crippen molar-refractivity contribution in [3.63, 3.8) is 0 Å². The summed E-state index contributed by atoms with van der Waals surface area (Å²) < 4.78 is 5.23. The molecule has 0 saturated carbocycles. The van der Waals surface area contributed by atoms with Crippen LogP contribution >= 0.6 is 0 Å². The molecule has 0 aromatic heterocycles. The van der Waals surface area contributed by atoms with Crippen molar-refractivity contribution < 1.29 is 14.3 Å². The molecule has 1 fully saturated rings. The number of ether oxygens (including phenoxy) is 1. The van der Waals surface area contributed by atoms with E-state index in [-0.39, 0.29) is 17.9 Å². The normalized spacial score (nSPS) is 24.9. The Labute approximate surface area is 109 Å². The average Bonchev–Trinajstić information content (AvgIpc) is 2.36. The van der Waals surface area contributed by atoms with E-state index in [4.69, 9.17) is 4.74 Å². The van der Waals surface area contributed by atoms with Crippen LogP contribution in [0, 0.1) is 0 Å². The largest absolute Gasteiger partial charge is 0.380 e. The highest BCUT2D eigenvalue weighted by Gasteiger charge is 2.49. The Morgan fingerprint density at radius 3 is 2.39 bits per heavy atom. The molecular formula is C13H24N2O3. The van der Waals surface area contributed by atoms with Crippen LogP contribution in [0.3, 0.4) is 0 Å². The Kier molecular flexibility index (Phi) is 4.73. The van der Waals surface area contributed by atoms with E-state index in [0.717, 1.165) is 0 Å². The molecule has 0 radical (unpaired) electrons. The van der Waals surface area contributed by atoms with E-state index in [1.807, 2.05) is 20.8 Å². The van der Waals surface area contributed by atoms with Gasteiger partial charge in [-0.1, -0.05) is 13.8 Å². The van der Waals surface area contributed by atoms with E-state index in [0.29, 0.717) is 19.4 Å². The SMILES string of the molecule is CCC1(CC)C(=O)NC(C)C(=O)N1CC(C)OC. The number of methoxy groups -OCH3 is 1. The van der Waals surface area contributed by atoms with Crippen molar-refractivity contribution in [2.24, 2.45) is 0 Å². The van der Waals surface area contributed by atoms with Crippen molar-refractivity contribution in [3.8, 4) is 0 Å². The number of nitrogens with zero attached hydrogens (tertiary/aromatic N) is 1. The van der Waals surface area contributed by atoms with Crippen molar-refractivity contribution in [2.45, 2.75) is 58.2 Å². The molecule has 2 unspecified atom stereocenters. The van der Waals surface area contributed by atoms with Crippen LogP contribution in [0.15, 0.2) is 0 Å². The summed E-state index contributed by atoms with van der Waals surface area (Å²) in [6, 6.07) is -0.451. The van der Waals surface area contributed by atoms with Gasteiger partial charge < -0.3 is 15.0 Å². The third-order valence-electron chi connectivity index (χ3n) is 3.94. The van der Waals surface area contributed by atoms with Crippen LogP contribution in [0.25, 0.3) is 0 Å². The standard InChI is InChI=1S/C13H24N2O3/c1-6-13(7-2)12(17)14-10(4)11(16)15(13)8-9(3)18-5/h9-10H,6-8H2,1-5H3,(H,14,17). The van der Waals surface area contributed by atoms with Crippen molar-refractivity contribution >= 4 is 11.8 Å². The van der Waals surface area contributed by atoms with Crippen LogP contribution in [0.4, 0.5) is 0 Å². The molecular weight excluding hydrogens is 232 g/mol. The molecule has 1 N–H and O–H groups in total. The van der Waals surface area contributed by atoms with Gasteiger partial charge in [0.2, 0.25) is 11.8 Å². The van der Waals surface area contributed by atoms with Gasteiger partial charge in [-0.15, -0.1) is 0 Å². The van der Waals surface area contributed by atoms with Crippen LogP contribution in [0.2, 0.25) is 0 Å². The van der Waals surface area contributed by atoms with Gasteiger partial charge in [0, 0.05) is 13.7 Å². The summed E-state index contributed by atoms with van der Waals surface area (Å²) in [5, 5.41) is 2.77. The second-order valence-electron chi connectivity index (χ2n) is 4.93. The van der Waals surface area contributed by atoms with E-state index in [2.05, 4.69) is 5.32 Å². The maximum absolute atomic E-state index is 12.3. The molecule has 1 rings (SSSR count). The number of carbonyl (C=O) groups is 2. The van der Waals surface area contributed by atoms with Gasteiger partial charge in [0.25, 0.3) is 0 Å². The summed E-state index contributed by atoms with van der Waals surface area (Å²) in [6.45, 7) is 7.96. The zero-order chi connectivity index (χ0) is 13.9. The smallest absolute Gasteiger partial charge is 0.246 e. The first-order valence-corrected chi connectivity index (χ1v) is 6.58. The van der Waals surface area contributed by atoms with Crippen LogP contribution in [0.1, 0.15) is 40.5 Å². The minimum Gasteiger partial charge on any atom is -0.380 e. The molecule has 1 saturated heterocycles. The molecule has 1 aliphatic rings. The molecule has 0 aromatic rings. The number of amides is 2. The van der Waals surface area contributed by atoms with Gasteiger partial charge in [0.1, 0.15) is 11.6 Å². The second-order valence-corrected chi connectivity index (χ2v) is 4.93. The first-order valence-electron chi connectivity index (χ1n) is 6.58. The van der Waals surface area contributed by atoms with Crippen molar-refractivity contribution in [1.29, 1.82) is 0 Å². The van der Waals surface area contributed by atoms with Gasteiger partial charge in [0.05, 0.1) is 6.10 Å². The van der Waals surface area contributed by atoms with E-state index < -0.39 is 11.6 Å². The zero-order valence-corrected chi connectivity index (χ0v) is 11.9. The monoisotopic (exact) mass is 256 g/mol. The van der Waals surface area contributed by atoms with Gasteiger partial charge in [-0.05, 0) is 26.7 Å². The molecule has 0 aromatic carbocycles. The minimum atomic E-state index is -0.726. The van der Waals surface area contributed by atoms with Crippen LogP contribution < -0.4 is 5.32 Å². The molecule has 1 aliphatic heterocycles. The number of hydrogen-bond acceptors (Lipinski definition) is 3. The Bertz CT molecular complexity index is 326. The molecule has 2 amide bonds. The minimum absolute atomic E-state index is 0.0257.